The summed E-state index contributed by atoms with van der Waals surface area (Å²) >= 11 is 0. The molecule has 0 fully saturated rings. The molecule has 0 heterocycles. The summed E-state index contributed by atoms with van der Waals surface area (Å²) < 4.78 is 30.8. The SMILES string of the molecule is O=C([O-])c1cc2cc(S(=O)(=O)O)ccc2cc1O.[Na+]. The fraction of sp³-hybridized carbons (Fsp3) is 0. The Hall–Kier alpha value is -1.12. The Morgan fingerprint density at radius 1 is 1.11 bits per heavy atom. The number of hydrogen-bond acceptors (Lipinski definition) is 5. The van der Waals surface area contributed by atoms with Gasteiger partial charge in [-0.2, -0.15) is 8.42 Å². The van der Waals surface area contributed by atoms with Gasteiger partial charge in [0, 0.05) is 5.56 Å². The van der Waals surface area contributed by atoms with E-state index in [0.717, 1.165) is 18.2 Å². The summed E-state index contributed by atoms with van der Waals surface area (Å²) in [6.07, 6.45) is 0. The van der Waals surface area contributed by atoms with Gasteiger partial charge in [0.25, 0.3) is 10.1 Å². The number of benzene rings is 2. The van der Waals surface area contributed by atoms with Crippen molar-refractivity contribution < 1.29 is 57.5 Å². The summed E-state index contributed by atoms with van der Waals surface area (Å²) in [6, 6.07) is 5.85. The van der Waals surface area contributed by atoms with Crippen molar-refractivity contribution in [3.05, 3.63) is 35.9 Å². The van der Waals surface area contributed by atoms with Crippen molar-refractivity contribution in [3.8, 4) is 5.75 Å². The zero-order valence-electron chi connectivity index (χ0n) is 9.82. The normalized spacial score (nSPS) is 11.0. The van der Waals surface area contributed by atoms with E-state index in [1.54, 1.807) is 0 Å². The van der Waals surface area contributed by atoms with Crippen molar-refractivity contribution in [2.24, 2.45) is 0 Å². The van der Waals surface area contributed by atoms with Crippen molar-refractivity contribution in [1.82, 2.24) is 0 Å². The summed E-state index contributed by atoms with van der Waals surface area (Å²) in [5, 5.41) is 20.8. The molecule has 0 atom stereocenters. The minimum atomic E-state index is -4.36. The largest absolute Gasteiger partial charge is 1.00 e. The van der Waals surface area contributed by atoms with E-state index in [1.807, 2.05) is 0 Å². The first-order valence-electron chi connectivity index (χ1n) is 4.74. The van der Waals surface area contributed by atoms with E-state index in [1.165, 1.54) is 12.1 Å². The molecule has 0 unspecified atom stereocenters. The number of fused-ring (bicyclic) bond motifs is 1. The predicted molar refractivity (Wildman–Crippen MR) is 59.8 cm³/mol. The average Bonchev–Trinajstić information content (AvgIpc) is 2.25. The van der Waals surface area contributed by atoms with Gasteiger partial charge in [0.1, 0.15) is 5.75 Å². The van der Waals surface area contributed by atoms with Crippen LogP contribution in [0.3, 0.4) is 0 Å². The van der Waals surface area contributed by atoms with Crippen molar-refractivity contribution in [1.29, 1.82) is 0 Å². The van der Waals surface area contributed by atoms with Crippen molar-refractivity contribution >= 4 is 26.9 Å². The number of hydrogen-bond donors (Lipinski definition) is 2. The minimum absolute atomic E-state index is 0. The molecule has 2 aromatic rings. The number of aromatic hydroxyl groups is 1. The van der Waals surface area contributed by atoms with Gasteiger partial charge in [-0.3, -0.25) is 4.55 Å². The second-order valence-electron chi connectivity index (χ2n) is 3.64. The topological polar surface area (TPSA) is 115 Å². The Labute approximate surface area is 130 Å². The van der Waals surface area contributed by atoms with Gasteiger partial charge >= 0.3 is 29.6 Å². The minimum Gasteiger partial charge on any atom is -0.545 e. The average molecular weight is 290 g/mol. The van der Waals surface area contributed by atoms with E-state index in [2.05, 4.69) is 0 Å². The molecule has 0 spiro atoms. The Morgan fingerprint density at radius 3 is 2.26 bits per heavy atom. The molecule has 0 aliphatic carbocycles. The van der Waals surface area contributed by atoms with Gasteiger partial charge in [0.05, 0.1) is 10.9 Å². The molecule has 0 radical (unpaired) electrons. The van der Waals surface area contributed by atoms with Gasteiger partial charge in [0.15, 0.2) is 0 Å². The van der Waals surface area contributed by atoms with E-state index < -0.39 is 27.4 Å². The molecule has 2 rings (SSSR count). The molecule has 94 valence electrons. The van der Waals surface area contributed by atoms with E-state index in [4.69, 9.17) is 4.55 Å². The number of carboxylic acid groups (broad SMARTS) is 1. The van der Waals surface area contributed by atoms with E-state index in [9.17, 15) is 23.4 Å². The molecule has 0 aliphatic rings. The first-order valence-corrected chi connectivity index (χ1v) is 6.18. The summed E-state index contributed by atoms with van der Waals surface area (Å²) in [6.45, 7) is 0. The van der Waals surface area contributed by atoms with Crippen LogP contribution >= 0.6 is 0 Å². The third kappa shape index (κ3) is 3.26. The van der Waals surface area contributed by atoms with Crippen molar-refractivity contribution in [2.45, 2.75) is 4.90 Å². The smallest absolute Gasteiger partial charge is 0.545 e. The van der Waals surface area contributed by atoms with Crippen LogP contribution in [-0.2, 0) is 10.1 Å². The second-order valence-corrected chi connectivity index (χ2v) is 5.06. The fourth-order valence-electron chi connectivity index (χ4n) is 1.59. The Kier molecular flexibility index (Phi) is 4.59. The quantitative estimate of drug-likeness (QED) is 0.455. The number of carbonyl (C=O) groups excluding carboxylic acids is 1. The third-order valence-corrected chi connectivity index (χ3v) is 3.29. The first kappa shape index (κ1) is 15.9. The molecule has 0 bridgehead atoms. The van der Waals surface area contributed by atoms with E-state index in [-0.39, 0.29) is 39.8 Å². The third-order valence-electron chi connectivity index (χ3n) is 2.44. The molecule has 2 aromatic carbocycles. The van der Waals surface area contributed by atoms with Crippen LogP contribution in [0.25, 0.3) is 10.8 Å². The summed E-state index contributed by atoms with van der Waals surface area (Å²) in [5.74, 6) is -2.05. The maximum absolute atomic E-state index is 10.9. The Balaban J connectivity index is 0.00000180. The molecule has 19 heavy (non-hydrogen) atoms. The molecule has 6 nitrogen and oxygen atoms in total. The van der Waals surface area contributed by atoms with Crippen LogP contribution in [-0.4, -0.2) is 24.0 Å². The van der Waals surface area contributed by atoms with Crippen LogP contribution in [0.4, 0.5) is 0 Å². The summed E-state index contributed by atoms with van der Waals surface area (Å²) in [5.41, 5.74) is -0.449. The van der Waals surface area contributed by atoms with Gasteiger partial charge in [-0.05, 0) is 35.0 Å². The maximum atomic E-state index is 10.9. The molecule has 2 N–H and O–H groups in total. The van der Waals surface area contributed by atoms with Crippen LogP contribution in [0.2, 0.25) is 0 Å². The number of carbonyl (C=O) groups is 1. The number of aromatic carboxylic acids is 1. The van der Waals surface area contributed by atoms with Gasteiger partial charge < -0.3 is 15.0 Å². The Morgan fingerprint density at radius 2 is 1.74 bits per heavy atom. The molecule has 0 saturated carbocycles. The number of rotatable bonds is 2. The first-order chi connectivity index (χ1) is 8.29. The van der Waals surface area contributed by atoms with Gasteiger partial charge in [-0.1, -0.05) is 6.07 Å². The summed E-state index contributed by atoms with van der Waals surface area (Å²) in [7, 11) is -4.36. The standard InChI is InChI=1S/C11H8O6S.Na/c12-10-5-6-1-2-8(18(15,16)17)3-7(6)4-9(10)11(13)14;/h1-5,12H,(H,13,14)(H,15,16,17);/q;+1/p-1. The van der Waals surface area contributed by atoms with Crippen molar-refractivity contribution in [2.75, 3.05) is 0 Å². The number of carboxylic acids is 1. The van der Waals surface area contributed by atoms with Crippen LogP contribution in [0.15, 0.2) is 35.2 Å². The monoisotopic (exact) mass is 290 g/mol. The zero-order chi connectivity index (χ0) is 13.5. The van der Waals surface area contributed by atoms with Gasteiger partial charge in [-0.15, -0.1) is 0 Å². The predicted octanol–water partition coefficient (Wildman–Crippen LogP) is -2.84. The van der Waals surface area contributed by atoms with Crippen LogP contribution < -0.4 is 34.7 Å². The van der Waals surface area contributed by atoms with Crippen LogP contribution in [0, 0.1) is 0 Å². The van der Waals surface area contributed by atoms with E-state index >= 15 is 0 Å². The molecule has 8 heteroatoms. The zero-order valence-corrected chi connectivity index (χ0v) is 12.6. The molecular weight excluding hydrogens is 283 g/mol. The maximum Gasteiger partial charge on any atom is 1.00 e. The molecular formula is C11H7NaO6S. The van der Waals surface area contributed by atoms with Crippen LogP contribution in [0.5, 0.6) is 5.75 Å². The van der Waals surface area contributed by atoms with Crippen LogP contribution in [0.1, 0.15) is 10.4 Å². The molecule has 0 saturated heterocycles. The Bertz CT molecular complexity index is 753. The van der Waals surface area contributed by atoms with Crippen molar-refractivity contribution in [3.63, 3.8) is 0 Å². The molecule has 0 aliphatic heterocycles. The van der Waals surface area contributed by atoms with E-state index in [0.29, 0.717) is 5.39 Å². The summed E-state index contributed by atoms with van der Waals surface area (Å²) in [4.78, 5) is 10.4. The fourth-order valence-corrected chi connectivity index (χ4v) is 2.10. The van der Waals surface area contributed by atoms with Gasteiger partial charge in [-0.25, -0.2) is 0 Å². The number of phenols is 1. The second kappa shape index (κ2) is 5.48. The van der Waals surface area contributed by atoms with Gasteiger partial charge in [0.2, 0.25) is 0 Å². The molecule has 0 amide bonds. The molecule has 0 aromatic heterocycles.